The minimum Gasteiger partial charge on any atom is -0.383 e. The first kappa shape index (κ1) is 11.6. The van der Waals surface area contributed by atoms with Gasteiger partial charge in [-0.15, -0.1) is 0 Å². The number of nitrogen functional groups attached to an aromatic ring is 1. The number of nitrogens with zero attached hydrogens (tertiary/aromatic N) is 4. The summed E-state index contributed by atoms with van der Waals surface area (Å²) in [4.78, 5) is 12.6. The number of nitrogens with two attached hydrogens (primary N) is 1. The van der Waals surface area contributed by atoms with Crippen molar-refractivity contribution in [2.45, 2.75) is 0 Å². The Morgan fingerprint density at radius 2 is 2.16 bits per heavy atom. The molecule has 3 aromatic rings. The number of rotatable bonds is 2. The van der Waals surface area contributed by atoms with Crippen LogP contribution in [-0.2, 0) is 0 Å². The molecule has 3 aromatic heterocycles. The second kappa shape index (κ2) is 4.33. The average Bonchev–Trinajstić information content (AvgIpc) is 2.81. The van der Waals surface area contributed by atoms with E-state index in [0.29, 0.717) is 33.6 Å². The zero-order valence-corrected chi connectivity index (χ0v) is 10.5. The van der Waals surface area contributed by atoms with Crippen LogP contribution in [0.1, 0.15) is 5.56 Å². The first-order chi connectivity index (χ1) is 9.19. The van der Waals surface area contributed by atoms with Gasteiger partial charge in [-0.25, -0.2) is 15.0 Å². The molecule has 7 heteroatoms. The highest BCUT2D eigenvalue weighted by atomic mass is 35.5. The molecule has 0 radical (unpaired) electrons. The van der Waals surface area contributed by atoms with Crippen molar-refractivity contribution in [2.24, 2.45) is 0 Å². The fraction of sp³-hybridized carbons (Fsp3) is 0. The van der Waals surface area contributed by atoms with Crippen LogP contribution in [-0.4, -0.2) is 25.1 Å². The third-order valence-corrected chi connectivity index (χ3v) is 2.87. The molecule has 0 aliphatic rings. The number of anilines is 1. The molecular weight excluding hydrogens is 264 g/mol. The summed E-state index contributed by atoms with van der Waals surface area (Å²) in [5.74, 6) is 0.799. The van der Waals surface area contributed by atoms with E-state index in [9.17, 15) is 0 Å². The summed E-state index contributed by atoms with van der Waals surface area (Å²) >= 11 is 5.93. The average molecular weight is 273 g/mol. The summed E-state index contributed by atoms with van der Waals surface area (Å²) in [6, 6.07) is 1.75. The van der Waals surface area contributed by atoms with Crippen LogP contribution in [0.15, 0.2) is 25.0 Å². The molecule has 19 heavy (non-hydrogen) atoms. The molecule has 3 N–H and O–H groups in total. The molecule has 0 bridgehead atoms. The lowest BCUT2D eigenvalue weighted by atomic mass is 10.2. The highest BCUT2D eigenvalue weighted by molar-refractivity contribution is 6.31. The van der Waals surface area contributed by atoms with Crippen LogP contribution in [0.3, 0.4) is 0 Å². The lowest BCUT2D eigenvalue weighted by Gasteiger charge is -2.02. The maximum absolute atomic E-state index is 5.93. The minimum atomic E-state index is 0.359. The SMILES string of the molecule is C=Cc1cnc(-c2[nH]nc3ncc(Cl)cc23)nc1N. The van der Waals surface area contributed by atoms with Gasteiger partial charge in [0.15, 0.2) is 11.5 Å². The van der Waals surface area contributed by atoms with Gasteiger partial charge in [-0.05, 0) is 6.07 Å². The number of hydrogen-bond donors (Lipinski definition) is 2. The standard InChI is InChI=1S/C12H9ClN6/c1-2-6-4-15-12(17-10(6)14)9-8-3-7(13)5-16-11(8)19-18-9/h2-5H,1H2,(H2,14,15,17)(H,16,18,19). The second-order valence-electron chi connectivity index (χ2n) is 3.86. The Balaban J connectivity index is 2.21. The monoisotopic (exact) mass is 272 g/mol. The number of aromatic nitrogens is 5. The molecule has 0 saturated heterocycles. The third-order valence-electron chi connectivity index (χ3n) is 2.67. The van der Waals surface area contributed by atoms with E-state index in [1.165, 1.54) is 6.20 Å². The van der Waals surface area contributed by atoms with Crippen LogP contribution in [0.2, 0.25) is 5.02 Å². The van der Waals surface area contributed by atoms with Crippen molar-refractivity contribution in [1.29, 1.82) is 0 Å². The largest absolute Gasteiger partial charge is 0.383 e. The van der Waals surface area contributed by atoms with E-state index in [2.05, 4.69) is 31.7 Å². The van der Waals surface area contributed by atoms with Gasteiger partial charge in [0, 0.05) is 18.0 Å². The highest BCUT2D eigenvalue weighted by Crippen LogP contribution is 2.25. The number of aromatic amines is 1. The van der Waals surface area contributed by atoms with Crippen molar-refractivity contribution >= 4 is 34.5 Å². The van der Waals surface area contributed by atoms with Gasteiger partial charge in [-0.1, -0.05) is 24.3 Å². The van der Waals surface area contributed by atoms with Crippen LogP contribution in [0, 0.1) is 0 Å². The molecule has 3 heterocycles. The van der Waals surface area contributed by atoms with Crippen LogP contribution in [0.5, 0.6) is 0 Å². The van der Waals surface area contributed by atoms with Crippen LogP contribution in [0.25, 0.3) is 28.6 Å². The molecule has 94 valence electrons. The van der Waals surface area contributed by atoms with Crippen molar-refractivity contribution in [3.8, 4) is 11.5 Å². The molecule has 0 amide bonds. The van der Waals surface area contributed by atoms with Crippen LogP contribution < -0.4 is 5.73 Å². The Morgan fingerprint density at radius 3 is 2.89 bits per heavy atom. The minimum absolute atomic E-state index is 0.359. The fourth-order valence-corrected chi connectivity index (χ4v) is 1.88. The van der Waals surface area contributed by atoms with Crippen LogP contribution >= 0.6 is 11.6 Å². The Hall–Kier alpha value is -2.47. The van der Waals surface area contributed by atoms with Gasteiger partial charge < -0.3 is 5.73 Å². The Kier molecular flexibility index (Phi) is 2.64. The zero-order chi connectivity index (χ0) is 13.4. The Morgan fingerprint density at radius 1 is 1.32 bits per heavy atom. The van der Waals surface area contributed by atoms with Gasteiger partial charge in [-0.3, -0.25) is 5.10 Å². The highest BCUT2D eigenvalue weighted by Gasteiger charge is 2.12. The van der Waals surface area contributed by atoms with E-state index in [-0.39, 0.29) is 0 Å². The zero-order valence-electron chi connectivity index (χ0n) is 9.76. The second-order valence-corrected chi connectivity index (χ2v) is 4.30. The Labute approximate surface area is 113 Å². The Bertz CT molecular complexity index is 779. The maximum atomic E-state index is 5.93. The predicted molar refractivity (Wildman–Crippen MR) is 74.4 cm³/mol. The van der Waals surface area contributed by atoms with Crippen molar-refractivity contribution < 1.29 is 0 Å². The van der Waals surface area contributed by atoms with Crippen molar-refractivity contribution in [2.75, 3.05) is 5.73 Å². The predicted octanol–water partition coefficient (Wildman–Crippen LogP) is 2.29. The summed E-state index contributed by atoms with van der Waals surface area (Å²) in [6.07, 6.45) is 4.74. The van der Waals surface area contributed by atoms with Gasteiger partial charge in [0.1, 0.15) is 11.5 Å². The van der Waals surface area contributed by atoms with E-state index < -0.39 is 0 Å². The van der Waals surface area contributed by atoms with Gasteiger partial charge >= 0.3 is 0 Å². The number of halogens is 1. The lowest BCUT2D eigenvalue weighted by molar-refractivity contribution is 1.07. The smallest absolute Gasteiger partial charge is 0.181 e. The van der Waals surface area contributed by atoms with Crippen LogP contribution in [0.4, 0.5) is 5.82 Å². The molecule has 0 unspecified atom stereocenters. The van der Waals surface area contributed by atoms with Gasteiger partial charge in [0.05, 0.1) is 10.4 Å². The van der Waals surface area contributed by atoms with E-state index >= 15 is 0 Å². The summed E-state index contributed by atoms with van der Waals surface area (Å²) < 4.78 is 0. The molecular formula is C12H9ClN6. The molecule has 0 aromatic carbocycles. The molecule has 0 atom stereocenters. The van der Waals surface area contributed by atoms with Gasteiger partial charge in [0.25, 0.3) is 0 Å². The van der Waals surface area contributed by atoms with Crippen molar-refractivity contribution in [3.05, 3.63) is 35.6 Å². The van der Waals surface area contributed by atoms with Gasteiger partial charge in [-0.2, -0.15) is 5.10 Å². The first-order valence-corrected chi connectivity index (χ1v) is 5.82. The molecule has 0 spiro atoms. The molecule has 3 rings (SSSR count). The van der Waals surface area contributed by atoms with Crippen molar-refractivity contribution in [1.82, 2.24) is 25.1 Å². The first-order valence-electron chi connectivity index (χ1n) is 5.44. The number of pyridine rings is 1. The summed E-state index contributed by atoms with van der Waals surface area (Å²) in [5.41, 5.74) is 7.68. The lowest BCUT2D eigenvalue weighted by Crippen LogP contribution is -1.98. The molecule has 0 aliphatic heterocycles. The number of fused-ring (bicyclic) bond motifs is 1. The topological polar surface area (TPSA) is 93.4 Å². The molecule has 0 fully saturated rings. The van der Waals surface area contributed by atoms with Gasteiger partial charge in [0.2, 0.25) is 0 Å². The number of H-pyrrole nitrogens is 1. The summed E-state index contributed by atoms with van der Waals surface area (Å²) in [6.45, 7) is 3.64. The summed E-state index contributed by atoms with van der Waals surface area (Å²) in [7, 11) is 0. The van der Waals surface area contributed by atoms with E-state index in [1.54, 1.807) is 18.3 Å². The normalized spacial score (nSPS) is 10.8. The maximum Gasteiger partial charge on any atom is 0.181 e. The number of nitrogens with one attached hydrogen (secondary N) is 1. The molecule has 0 aliphatic carbocycles. The van der Waals surface area contributed by atoms with E-state index in [4.69, 9.17) is 17.3 Å². The van der Waals surface area contributed by atoms with Crippen molar-refractivity contribution in [3.63, 3.8) is 0 Å². The quantitative estimate of drug-likeness (QED) is 0.746. The number of hydrogen-bond acceptors (Lipinski definition) is 5. The summed E-state index contributed by atoms with van der Waals surface area (Å²) in [5, 5.41) is 8.18. The fourth-order valence-electron chi connectivity index (χ4n) is 1.73. The molecule has 6 nitrogen and oxygen atoms in total. The third kappa shape index (κ3) is 1.92. The van der Waals surface area contributed by atoms with E-state index in [1.807, 2.05) is 0 Å². The van der Waals surface area contributed by atoms with E-state index in [0.717, 1.165) is 5.39 Å². The molecule has 0 saturated carbocycles.